The van der Waals surface area contributed by atoms with Gasteiger partial charge in [-0.2, -0.15) is 0 Å². The van der Waals surface area contributed by atoms with Crippen molar-refractivity contribution in [2.45, 2.75) is 13.0 Å². The minimum atomic E-state index is 0.785. The second-order valence-electron chi connectivity index (χ2n) is 6.31. The summed E-state index contributed by atoms with van der Waals surface area (Å²) in [5, 5.41) is 4.25. The molecule has 1 aromatic heterocycles. The van der Waals surface area contributed by atoms with Gasteiger partial charge in [0.1, 0.15) is 5.82 Å². The fourth-order valence-corrected chi connectivity index (χ4v) is 3.40. The Balaban J connectivity index is 1.34. The Morgan fingerprint density at radius 2 is 1.73 bits per heavy atom. The first-order chi connectivity index (χ1) is 12.8. The van der Waals surface area contributed by atoms with E-state index >= 15 is 0 Å². The van der Waals surface area contributed by atoms with Crippen molar-refractivity contribution >= 4 is 22.6 Å². The number of hydrogen-bond donors (Lipinski definition) is 2. The molecule has 26 heavy (non-hydrogen) atoms. The molecule has 2 N–H and O–H groups in total. The molecule has 0 aliphatic carbocycles. The van der Waals surface area contributed by atoms with Crippen molar-refractivity contribution in [3.8, 4) is 11.1 Å². The van der Waals surface area contributed by atoms with Gasteiger partial charge in [-0.1, -0.05) is 66.2 Å². The highest BCUT2D eigenvalue weighted by atomic mass is 35.5. The zero-order valence-corrected chi connectivity index (χ0v) is 15.1. The molecular weight excluding hydrogens is 342 g/mol. The third-order valence-corrected chi connectivity index (χ3v) is 4.74. The Labute approximate surface area is 158 Å². The SMILES string of the molecule is Clc1cc(CNCCc2nc3ccccc3[nH]2)ccc1-c1ccccc1. The first kappa shape index (κ1) is 16.8. The van der Waals surface area contributed by atoms with Crippen LogP contribution in [0.1, 0.15) is 11.4 Å². The molecule has 0 spiro atoms. The lowest BCUT2D eigenvalue weighted by Crippen LogP contribution is -2.17. The molecule has 4 aromatic rings. The van der Waals surface area contributed by atoms with Gasteiger partial charge in [0.15, 0.2) is 0 Å². The number of rotatable bonds is 6. The predicted molar refractivity (Wildman–Crippen MR) is 108 cm³/mol. The molecule has 0 aliphatic rings. The molecule has 130 valence electrons. The van der Waals surface area contributed by atoms with E-state index in [9.17, 15) is 0 Å². The van der Waals surface area contributed by atoms with E-state index in [1.807, 2.05) is 42.5 Å². The molecule has 3 nitrogen and oxygen atoms in total. The summed E-state index contributed by atoms with van der Waals surface area (Å²) in [5.41, 5.74) is 5.50. The number of nitrogens with one attached hydrogen (secondary N) is 2. The zero-order valence-electron chi connectivity index (χ0n) is 14.4. The summed E-state index contributed by atoms with van der Waals surface area (Å²) in [6.45, 7) is 1.65. The van der Waals surface area contributed by atoms with Crippen LogP contribution in [0.5, 0.6) is 0 Å². The standard InChI is InChI=1S/C22H20ClN3/c23-19-14-16(10-11-18(19)17-6-2-1-3-7-17)15-24-13-12-22-25-20-8-4-5-9-21(20)26-22/h1-11,14,24H,12-13,15H2,(H,25,26). The number of fused-ring (bicyclic) bond motifs is 1. The summed E-state index contributed by atoms with van der Waals surface area (Å²) in [5.74, 6) is 1.01. The van der Waals surface area contributed by atoms with Crippen LogP contribution in [0.2, 0.25) is 5.02 Å². The van der Waals surface area contributed by atoms with E-state index < -0.39 is 0 Å². The van der Waals surface area contributed by atoms with Gasteiger partial charge in [-0.25, -0.2) is 4.98 Å². The second kappa shape index (κ2) is 7.73. The maximum absolute atomic E-state index is 6.47. The molecule has 0 bridgehead atoms. The number of H-pyrrole nitrogens is 1. The lowest BCUT2D eigenvalue weighted by Gasteiger charge is -2.08. The minimum Gasteiger partial charge on any atom is -0.342 e. The second-order valence-corrected chi connectivity index (χ2v) is 6.71. The van der Waals surface area contributed by atoms with E-state index in [0.29, 0.717) is 0 Å². The summed E-state index contributed by atoms with van der Waals surface area (Å²) in [4.78, 5) is 7.96. The smallest absolute Gasteiger partial charge is 0.108 e. The highest BCUT2D eigenvalue weighted by Gasteiger charge is 2.05. The highest BCUT2D eigenvalue weighted by Crippen LogP contribution is 2.28. The molecule has 1 heterocycles. The van der Waals surface area contributed by atoms with Crippen LogP contribution in [-0.4, -0.2) is 16.5 Å². The number of aromatic amines is 1. The molecular formula is C22H20ClN3. The third-order valence-electron chi connectivity index (χ3n) is 4.42. The van der Waals surface area contributed by atoms with E-state index in [0.717, 1.165) is 52.5 Å². The van der Waals surface area contributed by atoms with Crippen LogP contribution < -0.4 is 5.32 Å². The Hall–Kier alpha value is -2.62. The fourth-order valence-electron chi connectivity index (χ4n) is 3.08. The lowest BCUT2D eigenvalue weighted by atomic mass is 10.0. The topological polar surface area (TPSA) is 40.7 Å². The van der Waals surface area contributed by atoms with E-state index in [1.165, 1.54) is 5.56 Å². The number of benzene rings is 3. The van der Waals surface area contributed by atoms with Crippen LogP contribution in [0.15, 0.2) is 72.8 Å². The number of halogens is 1. The van der Waals surface area contributed by atoms with Crippen LogP contribution in [0.4, 0.5) is 0 Å². The van der Waals surface area contributed by atoms with Gasteiger partial charge in [-0.3, -0.25) is 0 Å². The van der Waals surface area contributed by atoms with E-state index in [2.05, 4.69) is 45.6 Å². The molecule has 0 saturated heterocycles. The molecule has 0 fully saturated rings. The van der Waals surface area contributed by atoms with Gasteiger partial charge in [-0.15, -0.1) is 0 Å². The predicted octanol–water partition coefficient (Wildman–Crippen LogP) is 5.22. The first-order valence-corrected chi connectivity index (χ1v) is 9.15. The maximum Gasteiger partial charge on any atom is 0.108 e. The Morgan fingerprint density at radius 3 is 2.54 bits per heavy atom. The van der Waals surface area contributed by atoms with Crippen molar-refractivity contribution in [1.29, 1.82) is 0 Å². The monoisotopic (exact) mass is 361 g/mol. The van der Waals surface area contributed by atoms with Crippen molar-refractivity contribution in [1.82, 2.24) is 15.3 Å². The molecule has 0 aliphatic heterocycles. The largest absolute Gasteiger partial charge is 0.342 e. The Bertz CT molecular complexity index is 975. The minimum absolute atomic E-state index is 0.785. The third kappa shape index (κ3) is 3.79. The van der Waals surface area contributed by atoms with Crippen LogP contribution in [0.3, 0.4) is 0 Å². The fraction of sp³-hybridized carbons (Fsp3) is 0.136. The van der Waals surface area contributed by atoms with Gasteiger partial charge in [0, 0.05) is 30.1 Å². The lowest BCUT2D eigenvalue weighted by molar-refractivity contribution is 0.675. The van der Waals surface area contributed by atoms with Gasteiger partial charge >= 0.3 is 0 Å². The Morgan fingerprint density at radius 1 is 0.923 bits per heavy atom. The summed E-state index contributed by atoms with van der Waals surface area (Å²) in [6.07, 6.45) is 0.866. The van der Waals surface area contributed by atoms with Crippen LogP contribution in [0.25, 0.3) is 22.2 Å². The van der Waals surface area contributed by atoms with E-state index in [-0.39, 0.29) is 0 Å². The molecule has 3 aromatic carbocycles. The molecule has 0 radical (unpaired) electrons. The van der Waals surface area contributed by atoms with Crippen molar-refractivity contribution in [3.63, 3.8) is 0 Å². The average molecular weight is 362 g/mol. The highest BCUT2D eigenvalue weighted by molar-refractivity contribution is 6.33. The summed E-state index contributed by atoms with van der Waals surface area (Å²) >= 11 is 6.47. The normalized spacial score (nSPS) is 11.1. The first-order valence-electron chi connectivity index (χ1n) is 8.78. The van der Waals surface area contributed by atoms with Crippen molar-refractivity contribution in [2.75, 3.05) is 6.54 Å². The van der Waals surface area contributed by atoms with Crippen molar-refractivity contribution < 1.29 is 0 Å². The number of nitrogens with zero attached hydrogens (tertiary/aromatic N) is 1. The van der Waals surface area contributed by atoms with E-state index in [1.54, 1.807) is 0 Å². The molecule has 0 saturated carbocycles. The number of imidazole rings is 1. The van der Waals surface area contributed by atoms with Gasteiger partial charge in [0.05, 0.1) is 11.0 Å². The van der Waals surface area contributed by atoms with Gasteiger partial charge in [0.25, 0.3) is 0 Å². The molecule has 0 atom stereocenters. The van der Waals surface area contributed by atoms with Crippen molar-refractivity contribution in [2.24, 2.45) is 0 Å². The molecule has 0 amide bonds. The van der Waals surface area contributed by atoms with Gasteiger partial charge in [0.2, 0.25) is 0 Å². The quantitative estimate of drug-likeness (QED) is 0.462. The molecule has 4 rings (SSSR count). The summed E-state index contributed by atoms with van der Waals surface area (Å²) in [6, 6.07) is 24.6. The zero-order chi connectivity index (χ0) is 17.8. The van der Waals surface area contributed by atoms with E-state index in [4.69, 9.17) is 11.6 Å². The average Bonchev–Trinajstić information content (AvgIpc) is 3.09. The van der Waals surface area contributed by atoms with Crippen LogP contribution in [0, 0.1) is 0 Å². The van der Waals surface area contributed by atoms with Crippen LogP contribution >= 0.6 is 11.6 Å². The summed E-state index contributed by atoms with van der Waals surface area (Å²) < 4.78 is 0. The Kier molecular flexibility index (Phi) is 5.00. The van der Waals surface area contributed by atoms with Crippen molar-refractivity contribution in [3.05, 3.63) is 89.2 Å². The maximum atomic E-state index is 6.47. The molecule has 0 unspecified atom stereocenters. The number of aromatic nitrogens is 2. The van der Waals surface area contributed by atoms with Crippen LogP contribution in [-0.2, 0) is 13.0 Å². The van der Waals surface area contributed by atoms with Gasteiger partial charge in [-0.05, 0) is 29.3 Å². The van der Waals surface area contributed by atoms with Gasteiger partial charge < -0.3 is 10.3 Å². The number of para-hydroxylation sites is 2. The molecule has 4 heteroatoms. The summed E-state index contributed by atoms with van der Waals surface area (Å²) in [7, 11) is 0. The number of hydrogen-bond acceptors (Lipinski definition) is 2.